The Labute approximate surface area is 90.2 Å². The fourth-order valence-corrected chi connectivity index (χ4v) is 2.24. The Balaban J connectivity index is 2.91. The molecular weight excluding hydrogens is 192 g/mol. The molecule has 78 valence electrons. The summed E-state index contributed by atoms with van der Waals surface area (Å²) in [6, 6.07) is 6.81. The van der Waals surface area contributed by atoms with Gasteiger partial charge in [-0.15, -0.1) is 0 Å². The van der Waals surface area contributed by atoms with Crippen LogP contribution in [0.2, 0.25) is 0 Å². The van der Waals surface area contributed by atoms with Crippen LogP contribution in [0.4, 0.5) is 0 Å². The van der Waals surface area contributed by atoms with Gasteiger partial charge < -0.3 is 0 Å². The normalized spacial score (nSPS) is 12.9. The Bertz CT molecular complexity index is 279. The Kier molecular flexibility index (Phi) is 4.45. The van der Waals surface area contributed by atoms with Crippen LogP contribution in [0.1, 0.15) is 22.7 Å². The molecule has 1 atom stereocenters. The van der Waals surface area contributed by atoms with Gasteiger partial charge in [0.15, 0.2) is 0 Å². The first-order chi connectivity index (χ1) is 6.67. The standard InChI is InChI=1S/C11H18N2S/c1-8-4-9(2)6-10(5-8)11(13-12)7-14-3/h4-6,11,13H,7,12H2,1-3H3. The maximum atomic E-state index is 5.53. The number of hydrogen-bond acceptors (Lipinski definition) is 3. The lowest BCUT2D eigenvalue weighted by molar-refractivity contribution is 0.610. The minimum absolute atomic E-state index is 0.253. The predicted octanol–water partition coefficient (Wildman–Crippen LogP) is 2.17. The number of nitrogens with two attached hydrogens (primary N) is 1. The van der Waals surface area contributed by atoms with Crippen molar-refractivity contribution in [2.45, 2.75) is 19.9 Å². The smallest absolute Gasteiger partial charge is 0.0550 e. The van der Waals surface area contributed by atoms with Crippen LogP contribution in [0.3, 0.4) is 0 Å². The number of hydrogen-bond donors (Lipinski definition) is 2. The molecule has 0 aliphatic rings. The van der Waals surface area contributed by atoms with Gasteiger partial charge in [0.2, 0.25) is 0 Å². The molecule has 1 aromatic rings. The molecular formula is C11H18N2S. The highest BCUT2D eigenvalue weighted by molar-refractivity contribution is 7.98. The average molecular weight is 210 g/mol. The Morgan fingerprint density at radius 1 is 1.29 bits per heavy atom. The van der Waals surface area contributed by atoms with E-state index in [4.69, 9.17) is 5.84 Å². The number of nitrogens with one attached hydrogen (secondary N) is 1. The van der Waals surface area contributed by atoms with Crippen molar-refractivity contribution in [3.63, 3.8) is 0 Å². The van der Waals surface area contributed by atoms with E-state index in [1.165, 1.54) is 16.7 Å². The van der Waals surface area contributed by atoms with E-state index in [0.717, 1.165) is 5.75 Å². The Morgan fingerprint density at radius 3 is 2.29 bits per heavy atom. The van der Waals surface area contributed by atoms with Crippen LogP contribution in [0.15, 0.2) is 18.2 Å². The molecule has 0 bridgehead atoms. The molecule has 0 heterocycles. The van der Waals surface area contributed by atoms with Gasteiger partial charge in [-0.25, -0.2) is 0 Å². The fourth-order valence-electron chi connectivity index (χ4n) is 1.62. The molecule has 1 aromatic carbocycles. The molecule has 2 nitrogen and oxygen atoms in total. The second-order valence-corrected chi connectivity index (χ2v) is 4.51. The number of rotatable bonds is 4. The lowest BCUT2D eigenvalue weighted by Gasteiger charge is -2.16. The molecule has 1 rings (SSSR count). The van der Waals surface area contributed by atoms with E-state index < -0.39 is 0 Å². The van der Waals surface area contributed by atoms with Gasteiger partial charge in [-0.05, 0) is 25.7 Å². The van der Waals surface area contributed by atoms with Crippen molar-refractivity contribution in [1.82, 2.24) is 5.43 Å². The maximum absolute atomic E-state index is 5.53. The summed E-state index contributed by atoms with van der Waals surface area (Å²) in [4.78, 5) is 0. The molecule has 3 heteroatoms. The van der Waals surface area contributed by atoms with Gasteiger partial charge >= 0.3 is 0 Å². The van der Waals surface area contributed by atoms with Crippen LogP contribution in [-0.2, 0) is 0 Å². The molecule has 0 spiro atoms. The molecule has 0 saturated carbocycles. The second-order valence-electron chi connectivity index (χ2n) is 3.60. The average Bonchev–Trinajstić information content (AvgIpc) is 2.12. The molecule has 3 N–H and O–H groups in total. The van der Waals surface area contributed by atoms with Crippen LogP contribution < -0.4 is 11.3 Å². The van der Waals surface area contributed by atoms with Crippen LogP contribution in [0.5, 0.6) is 0 Å². The minimum Gasteiger partial charge on any atom is -0.271 e. The largest absolute Gasteiger partial charge is 0.271 e. The maximum Gasteiger partial charge on any atom is 0.0550 e. The molecule has 1 unspecified atom stereocenters. The lowest BCUT2D eigenvalue weighted by atomic mass is 10.0. The molecule has 14 heavy (non-hydrogen) atoms. The highest BCUT2D eigenvalue weighted by Gasteiger charge is 2.08. The van der Waals surface area contributed by atoms with Crippen molar-refractivity contribution in [2.75, 3.05) is 12.0 Å². The van der Waals surface area contributed by atoms with Gasteiger partial charge in [0.25, 0.3) is 0 Å². The monoisotopic (exact) mass is 210 g/mol. The minimum atomic E-state index is 0.253. The third-order valence-electron chi connectivity index (χ3n) is 2.18. The quantitative estimate of drug-likeness (QED) is 0.591. The molecule has 0 radical (unpaired) electrons. The van der Waals surface area contributed by atoms with E-state index >= 15 is 0 Å². The molecule has 0 fully saturated rings. The lowest BCUT2D eigenvalue weighted by Crippen LogP contribution is -2.29. The number of thioether (sulfide) groups is 1. The summed E-state index contributed by atoms with van der Waals surface area (Å²) in [5.74, 6) is 6.53. The van der Waals surface area contributed by atoms with Crippen molar-refractivity contribution in [3.05, 3.63) is 34.9 Å². The molecule has 0 aromatic heterocycles. The first kappa shape index (κ1) is 11.6. The third-order valence-corrected chi connectivity index (χ3v) is 2.85. The van der Waals surface area contributed by atoms with Crippen LogP contribution in [0, 0.1) is 13.8 Å². The van der Waals surface area contributed by atoms with Gasteiger partial charge in [-0.1, -0.05) is 29.3 Å². The zero-order chi connectivity index (χ0) is 10.6. The van der Waals surface area contributed by atoms with Crippen molar-refractivity contribution < 1.29 is 0 Å². The summed E-state index contributed by atoms with van der Waals surface area (Å²) in [6.07, 6.45) is 2.09. The summed E-state index contributed by atoms with van der Waals surface area (Å²) in [7, 11) is 0. The Morgan fingerprint density at radius 2 is 1.86 bits per heavy atom. The molecule has 0 aliphatic heterocycles. The van der Waals surface area contributed by atoms with Gasteiger partial charge in [-0.2, -0.15) is 11.8 Å². The van der Waals surface area contributed by atoms with Crippen LogP contribution in [-0.4, -0.2) is 12.0 Å². The highest BCUT2D eigenvalue weighted by Crippen LogP contribution is 2.19. The Hall–Kier alpha value is -0.510. The first-order valence-electron chi connectivity index (χ1n) is 4.70. The van der Waals surface area contributed by atoms with E-state index in [-0.39, 0.29) is 6.04 Å². The molecule has 0 amide bonds. The second kappa shape index (κ2) is 5.39. The topological polar surface area (TPSA) is 38.0 Å². The van der Waals surface area contributed by atoms with Crippen molar-refractivity contribution in [1.29, 1.82) is 0 Å². The summed E-state index contributed by atoms with van der Waals surface area (Å²) in [5, 5.41) is 0. The van der Waals surface area contributed by atoms with Crippen LogP contribution >= 0.6 is 11.8 Å². The summed E-state index contributed by atoms with van der Waals surface area (Å²) in [6.45, 7) is 4.23. The van der Waals surface area contributed by atoms with Gasteiger partial charge in [-0.3, -0.25) is 11.3 Å². The zero-order valence-corrected chi connectivity index (χ0v) is 9.82. The van der Waals surface area contributed by atoms with Gasteiger partial charge in [0, 0.05) is 5.75 Å². The van der Waals surface area contributed by atoms with E-state index in [1.54, 1.807) is 11.8 Å². The molecule has 0 saturated heterocycles. The van der Waals surface area contributed by atoms with Crippen LogP contribution in [0.25, 0.3) is 0 Å². The predicted molar refractivity (Wildman–Crippen MR) is 64.4 cm³/mol. The van der Waals surface area contributed by atoms with E-state index in [1.807, 2.05) is 0 Å². The van der Waals surface area contributed by atoms with Crippen molar-refractivity contribution in [3.8, 4) is 0 Å². The number of aryl methyl sites for hydroxylation is 2. The molecule has 0 aliphatic carbocycles. The van der Waals surface area contributed by atoms with Crippen molar-refractivity contribution in [2.24, 2.45) is 5.84 Å². The third kappa shape index (κ3) is 3.01. The van der Waals surface area contributed by atoms with E-state index in [2.05, 4.69) is 43.7 Å². The van der Waals surface area contributed by atoms with Gasteiger partial charge in [0.05, 0.1) is 6.04 Å². The number of benzene rings is 1. The highest BCUT2D eigenvalue weighted by atomic mass is 32.2. The summed E-state index contributed by atoms with van der Waals surface area (Å²) in [5.41, 5.74) is 6.72. The van der Waals surface area contributed by atoms with E-state index in [0.29, 0.717) is 0 Å². The van der Waals surface area contributed by atoms with Crippen molar-refractivity contribution >= 4 is 11.8 Å². The SMILES string of the molecule is CSCC(NN)c1cc(C)cc(C)c1. The first-order valence-corrected chi connectivity index (χ1v) is 6.10. The fraction of sp³-hybridized carbons (Fsp3) is 0.455. The van der Waals surface area contributed by atoms with E-state index in [9.17, 15) is 0 Å². The zero-order valence-electron chi connectivity index (χ0n) is 9.00. The van der Waals surface area contributed by atoms with Gasteiger partial charge in [0.1, 0.15) is 0 Å². The summed E-state index contributed by atoms with van der Waals surface area (Å²) < 4.78 is 0. The number of hydrazine groups is 1. The summed E-state index contributed by atoms with van der Waals surface area (Å²) >= 11 is 1.80.